The van der Waals surface area contributed by atoms with Gasteiger partial charge in [-0.2, -0.15) is 0 Å². The number of benzene rings is 2. The highest BCUT2D eigenvalue weighted by molar-refractivity contribution is 6.08. The third-order valence-corrected chi connectivity index (χ3v) is 6.44. The van der Waals surface area contributed by atoms with Crippen LogP contribution in [0.4, 0.5) is 10.1 Å². The van der Waals surface area contributed by atoms with Gasteiger partial charge in [-0.3, -0.25) is 14.9 Å². The Morgan fingerprint density at radius 2 is 1.65 bits per heavy atom. The Bertz CT molecular complexity index is 1160. The summed E-state index contributed by atoms with van der Waals surface area (Å²) < 4.78 is 35.8. The van der Waals surface area contributed by atoms with E-state index in [1.165, 1.54) is 27.4 Å². The van der Waals surface area contributed by atoms with Crippen LogP contribution in [-0.4, -0.2) is 76.9 Å². The van der Waals surface area contributed by atoms with Gasteiger partial charge in [-0.15, -0.1) is 0 Å². The molecule has 2 aromatic carbocycles. The molecule has 4 rings (SSSR count). The third kappa shape index (κ3) is 5.25. The highest BCUT2D eigenvalue weighted by atomic mass is 19.1. The van der Waals surface area contributed by atoms with E-state index in [1.807, 2.05) is 9.80 Å². The maximum atomic E-state index is 14.3. The van der Waals surface area contributed by atoms with Crippen LogP contribution in [0.15, 0.2) is 41.4 Å². The zero-order chi connectivity index (χ0) is 26.5. The average Bonchev–Trinajstić information content (AvgIpc) is 2.92. The number of amides is 1. The van der Waals surface area contributed by atoms with Gasteiger partial charge in [0, 0.05) is 26.2 Å². The topological polar surface area (TPSA) is 102 Å². The largest absolute Gasteiger partial charge is 0.493 e. The molecule has 0 unspecified atom stereocenters. The molecule has 2 aliphatic rings. The van der Waals surface area contributed by atoms with E-state index in [4.69, 9.17) is 23.9 Å². The summed E-state index contributed by atoms with van der Waals surface area (Å²) in [5.41, 5.74) is 1.07. The van der Waals surface area contributed by atoms with Gasteiger partial charge in [0.15, 0.2) is 17.4 Å². The quantitative estimate of drug-likeness (QED) is 0.444. The van der Waals surface area contributed by atoms with Gasteiger partial charge >= 0.3 is 5.97 Å². The second-order valence-corrected chi connectivity index (χ2v) is 8.50. The lowest BCUT2D eigenvalue weighted by atomic mass is 9.90. The fourth-order valence-corrected chi connectivity index (χ4v) is 4.61. The van der Waals surface area contributed by atoms with E-state index in [0.717, 1.165) is 0 Å². The summed E-state index contributed by atoms with van der Waals surface area (Å²) in [6.07, 6.45) is 0. The highest BCUT2D eigenvalue weighted by Gasteiger charge is 2.43. The van der Waals surface area contributed by atoms with Crippen molar-refractivity contribution in [3.8, 4) is 17.2 Å². The number of ether oxygens (including phenoxy) is 4. The Balaban J connectivity index is 1.67. The number of anilines is 1. The van der Waals surface area contributed by atoms with Gasteiger partial charge in [-0.1, -0.05) is 12.1 Å². The monoisotopic (exact) mass is 514 g/mol. The molecule has 1 saturated heterocycles. The van der Waals surface area contributed by atoms with Crippen molar-refractivity contribution in [3.63, 3.8) is 0 Å². The number of methoxy groups -OCH3 is 3. The van der Waals surface area contributed by atoms with Crippen molar-refractivity contribution in [3.05, 3.63) is 47.8 Å². The van der Waals surface area contributed by atoms with Gasteiger partial charge in [0.05, 0.1) is 33.6 Å². The summed E-state index contributed by atoms with van der Waals surface area (Å²) in [6.45, 7) is 3.87. The molecule has 10 nitrogen and oxygen atoms in total. The molecule has 0 aliphatic carbocycles. The Morgan fingerprint density at radius 1 is 1.03 bits per heavy atom. The number of carbonyl (C=O) groups is 2. The number of piperazine rings is 1. The number of nitrogens with zero attached hydrogens (tertiary/aromatic N) is 3. The van der Waals surface area contributed by atoms with Crippen LogP contribution in [-0.2, 0) is 14.3 Å². The fourth-order valence-electron chi connectivity index (χ4n) is 4.61. The molecule has 11 heteroatoms. The van der Waals surface area contributed by atoms with Gasteiger partial charge in [-0.05, 0) is 36.8 Å². The number of carbonyl (C=O) groups excluding carboxylic acids is 2. The predicted octanol–water partition coefficient (Wildman–Crippen LogP) is 2.38. The molecule has 2 aromatic rings. The van der Waals surface area contributed by atoms with Crippen LogP contribution in [0.3, 0.4) is 0 Å². The first-order chi connectivity index (χ1) is 17.9. The Kier molecular flexibility index (Phi) is 8.00. The lowest BCUT2D eigenvalue weighted by Gasteiger charge is -2.39. The van der Waals surface area contributed by atoms with Crippen molar-refractivity contribution < 1.29 is 32.9 Å². The van der Waals surface area contributed by atoms with Crippen LogP contribution >= 0.6 is 0 Å². The van der Waals surface area contributed by atoms with Gasteiger partial charge in [0.25, 0.3) is 0 Å². The lowest BCUT2D eigenvalue weighted by molar-refractivity contribution is -0.153. The van der Waals surface area contributed by atoms with Crippen LogP contribution in [0.2, 0.25) is 0 Å². The third-order valence-electron chi connectivity index (χ3n) is 6.44. The summed E-state index contributed by atoms with van der Waals surface area (Å²) in [4.78, 5) is 34.8. The predicted molar refractivity (Wildman–Crippen MR) is 135 cm³/mol. The summed E-state index contributed by atoms with van der Waals surface area (Å²) in [7, 11) is 4.47. The molecule has 0 radical (unpaired) electrons. The van der Waals surface area contributed by atoms with Crippen molar-refractivity contribution >= 4 is 23.5 Å². The number of hydrogen-bond acceptors (Lipinski definition) is 9. The molecular formula is C26H31FN4O6. The fraction of sp³-hybridized carbons (Fsp3) is 0.423. The van der Waals surface area contributed by atoms with Gasteiger partial charge in [0.2, 0.25) is 17.6 Å². The van der Waals surface area contributed by atoms with E-state index in [0.29, 0.717) is 60.6 Å². The SMILES string of the molecule is CCOC(=O)[C@@H]1C(=O)NC(N2CCN(c3ccccc3F)CC2)=N[C@H]1c1cc(OC)c(OC)c(OC)c1. The summed E-state index contributed by atoms with van der Waals surface area (Å²) in [6, 6.07) is 9.10. The minimum Gasteiger partial charge on any atom is -0.493 e. The van der Waals surface area contributed by atoms with Crippen LogP contribution in [0.5, 0.6) is 17.2 Å². The first-order valence-corrected chi connectivity index (χ1v) is 12.0. The van der Waals surface area contributed by atoms with E-state index in [2.05, 4.69) is 5.32 Å². The van der Waals surface area contributed by atoms with E-state index < -0.39 is 23.8 Å². The smallest absolute Gasteiger partial charge is 0.321 e. The number of aliphatic imine (C=N–C) groups is 1. The van der Waals surface area contributed by atoms with E-state index in [1.54, 1.807) is 37.3 Å². The Hall–Kier alpha value is -4.02. The van der Waals surface area contributed by atoms with Gasteiger partial charge < -0.3 is 28.7 Å². The van der Waals surface area contributed by atoms with Crippen molar-refractivity contribution in [2.75, 3.05) is 59.0 Å². The second-order valence-electron chi connectivity index (χ2n) is 8.50. The van der Waals surface area contributed by atoms with Crippen LogP contribution in [0.1, 0.15) is 18.5 Å². The van der Waals surface area contributed by atoms with Gasteiger partial charge in [0.1, 0.15) is 11.9 Å². The van der Waals surface area contributed by atoms with E-state index in [-0.39, 0.29) is 12.4 Å². The summed E-state index contributed by atoms with van der Waals surface area (Å²) in [5.74, 6) is -1.19. The summed E-state index contributed by atoms with van der Waals surface area (Å²) in [5, 5.41) is 2.78. The maximum absolute atomic E-state index is 14.3. The van der Waals surface area contributed by atoms with Crippen LogP contribution in [0, 0.1) is 11.7 Å². The minimum absolute atomic E-state index is 0.124. The number of esters is 1. The number of para-hydroxylation sites is 1. The molecule has 0 saturated carbocycles. The molecule has 198 valence electrons. The molecule has 2 aliphatic heterocycles. The Labute approximate surface area is 214 Å². The zero-order valence-corrected chi connectivity index (χ0v) is 21.3. The minimum atomic E-state index is -1.20. The van der Waals surface area contributed by atoms with Crippen molar-refractivity contribution in [1.29, 1.82) is 0 Å². The van der Waals surface area contributed by atoms with Crippen molar-refractivity contribution in [1.82, 2.24) is 10.2 Å². The molecule has 2 heterocycles. The lowest BCUT2D eigenvalue weighted by Crippen LogP contribution is -2.57. The number of nitrogens with one attached hydrogen (secondary N) is 1. The standard InChI is InChI=1S/C26H31FN4O6/c1-5-37-25(33)21-22(16-14-19(34-2)23(36-4)20(15-16)35-3)28-26(29-24(21)32)31-12-10-30(11-13-31)18-9-7-6-8-17(18)27/h6-9,14-15,21-22H,5,10-13H2,1-4H3,(H,28,29,32)/t21-,22-/m0/s1. The van der Waals surface area contributed by atoms with E-state index in [9.17, 15) is 14.0 Å². The molecule has 0 spiro atoms. The van der Waals surface area contributed by atoms with Gasteiger partial charge in [-0.25, -0.2) is 9.38 Å². The normalized spacial score (nSPS) is 19.6. The summed E-state index contributed by atoms with van der Waals surface area (Å²) >= 11 is 0. The zero-order valence-electron chi connectivity index (χ0n) is 21.3. The number of guanidine groups is 1. The molecule has 1 fully saturated rings. The molecule has 2 atom stereocenters. The number of rotatable bonds is 7. The average molecular weight is 515 g/mol. The Morgan fingerprint density at radius 3 is 2.22 bits per heavy atom. The van der Waals surface area contributed by atoms with Crippen LogP contribution < -0.4 is 24.4 Å². The number of hydrogen-bond donors (Lipinski definition) is 1. The van der Waals surface area contributed by atoms with Crippen LogP contribution in [0.25, 0.3) is 0 Å². The molecule has 0 bridgehead atoms. The molecule has 1 amide bonds. The molecule has 37 heavy (non-hydrogen) atoms. The molecule has 1 N–H and O–H groups in total. The highest BCUT2D eigenvalue weighted by Crippen LogP contribution is 2.42. The first kappa shape index (κ1) is 26.1. The second kappa shape index (κ2) is 11.4. The molecule has 0 aromatic heterocycles. The van der Waals surface area contributed by atoms with Crippen molar-refractivity contribution in [2.24, 2.45) is 10.9 Å². The van der Waals surface area contributed by atoms with Crippen molar-refractivity contribution in [2.45, 2.75) is 13.0 Å². The maximum Gasteiger partial charge on any atom is 0.321 e. The first-order valence-electron chi connectivity index (χ1n) is 12.0. The number of halogens is 1. The molecular weight excluding hydrogens is 483 g/mol. The van der Waals surface area contributed by atoms with E-state index >= 15 is 0 Å².